The predicted octanol–water partition coefficient (Wildman–Crippen LogP) is 3.93. The second-order valence-electron chi connectivity index (χ2n) is 5.49. The van der Waals surface area contributed by atoms with Crippen molar-refractivity contribution in [2.75, 3.05) is 7.11 Å². The fourth-order valence-corrected chi connectivity index (χ4v) is 2.43. The van der Waals surface area contributed by atoms with Gasteiger partial charge in [-0.05, 0) is 48.9 Å². The van der Waals surface area contributed by atoms with Crippen molar-refractivity contribution in [3.05, 3.63) is 72.3 Å². The molecule has 0 aliphatic carbocycles. The lowest BCUT2D eigenvalue weighted by Crippen LogP contribution is -2.01. The Morgan fingerprint density at radius 2 is 1.88 bits per heavy atom. The van der Waals surface area contributed by atoms with Gasteiger partial charge >= 0.3 is 0 Å². The van der Waals surface area contributed by atoms with Crippen molar-refractivity contribution in [3.8, 4) is 22.6 Å². The molecule has 0 aliphatic heterocycles. The minimum atomic E-state index is 0.0112. The Bertz CT molecular complexity index is 862. The van der Waals surface area contributed by atoms with Crippen LogP contribution in [0.3, 0.4) is 0 Å². The molecule has 0 saturated heterocycles. The van der Waals surface area contributed by atoms with Crippen molar-refractivity contribution in [2.45, 2.75) is 13.5 Å². The molecule has 0 N–H and O–H groups in total. The van der Waals surface area contributed by atoms with Crippen LogP contribution < -0.4 is 9.47 Å². The number of nitrogens with zero attached hydrogens (tertiary/aromatic N) is 2. The monoisotopic (exact) mass is 334 g/mol. The zero-order chi connectivity index (χ0) is 17.6. The summed E-state index contributed by atoms with van der Waals surface area (Å²) < 4.78 is 11.1. The largest absolute Gasteiger partial charge is 0.497 e. The molecule has 0 atom stereocenters. The third-order valence-electron chi connectivity index (χ3n) is 3.81. The van der Waals surface area contributed by atoms with E-state index in [2.05, 4.69) is 9.97 Å². The first kappa shape index (κ1) is 16.6. The topological polar surface area (TPSA) is 61.3 Å². The Kier molecular flexibility index (Phi) is 5.04. The summed E-state index contributed by atoms with van der Waals surface area (Å²) in [7, 11) is 1.63. The van der Waals surface area contributed by atoms with Gasteiger partial charge in [-0.3, -0.25) is 4.79 Å². The number of ether oxygens (including phenoxy) is 2. The number of benzene rings is 2. The minimum Gasteiger partial charge on any atom is -0.497 e. The number of carbonyl (C=O) groups excluding carboxylic acids is 1. The van der Waals surface area contributed by atoms with E-state index >= 15 is 0 Å². The molecule has 0 fully saturated rings. The van der Waals surface area contributed by atoms with Crippen LogP contribution in [0.2, 0.25) is 0 Å². The van der Waals surface area contributed by atoms with E-state index in [-0.39, 0.29) is 5.78 Å². The zero-order valence-corrected chi connectivity index (χ0v) is 14.1. The Labute approximate surface area is 146 Å². The number of aromatic nitrogens is 2. The van der Waals surface area contributed by atoms with Crippen LogP contribution in [0.25, 0.3) is 11.1 Å². The average Bonchev–Trinajstić information content (AvgIpc) is 2.67. The molecule has 0 aliphatic rings. The molecule has 1 heterocycles. The van der Waals surface area contributed by atoms with Gasteiger partial charge in [-0.1, -0.05) is 12.1 Å². The van der Waals surface area contributed by atoms with E-state index < -0.39 is 0 Å². The zero-order valence-electron chi connectivity index (χ0n) is 14.1. The Morgan fingerprint density at radius 3 is 2.52 bits per heavy atom. The lowest BCUT2D eigenvalue weighted by molar-refractivity contribution is 0.101. The lowest BCUT2D eigenvalue weighted by atomic mass is 10.0. The molecular formula is C20H18N2O3. The molecule has 1 aromatic heterocycles. The van der Waals surface area contributed by atoms with Gasteiger partial charge in [0.15, 0.2) is 5.78 Å². The molecule has 2 aromatic carbocycles. The molecule has 0 bridgehead atoms. The van der Waals surface area contributed by atoms with Gasteiger partial charge in [0, 0.05) is 17.3 Å². The maximum absolute atomic E-state index is 11.7. The van der Waals surface area contributed by atoms with Crippen molar-refractivity contribution in [1.82, 2.24) is 9.97 Å². The summed E-state index contributed by atoms with van der Waals surface area (Å²) in [4.78, 5) is 19.8. The summed E-state index contributed by atoms with van der Waals surface area (Å²) >= 11 is 0. The summed E-state index contributed by atoms with van der Waals surface area (Å²) in [5.41, 5.74) is 3.22. The highest BCUT2D eigenvalue weighted by Crippen LogP contribution is 2.32. The van der Waals surface area contributed by atoms with E-state index in [1.54, 1.807) is 32.4 Å². The van der Waals surface area contributed by atoms with Crippen molar-refractivity contribution in [2.24, 2.45) is 0 Å². The van der Waals surface area contributed by atoms with E-state index in [1.807, 2.05) is 36.4 Å². The summed E-state index contributed by atoms with van der Waals surface area (Å²) in [5, 5.41) is 0. The highest BCUT2D eigenvalue weighted by Gasteiger charge is 2.11. The molecule has 0 unspecified atom stereocenters. The molecular weight excluding hydrogens is 316 g/mol. The fraction of sp³-hybridized carbons (Fsp3) is 0.150. The summed E-state index contributed by atoms with van der Waals surface area (Å²) in [5.74, 6) is 1.47. The number of carbonyl (C=O) groups is 1. The number of methoxy groups -OCH3 is 1. The SMILES string of the molecule is COc1ccc(-c2cc(C(C)=O)ccc2OCc2ccncn2)cc1. The molecule has 0 radical (unpaired) electrons. The minimum absolute atomic E-state index is 0.0112. The van der Waals surface area contributed by atoms with Crippen LogP contribution in [-0.4, -0.2) is 22.9 Å². The second kappa shape index (κ2) is 7.57. The molecule has 0 saturated carbocycles. The summed E-state index contributed by atoms with van der Waals surface area (Å²) in [6.45, 7) is 1.87. The first-order chi connectivity index (χ1) is 12.2. The maximum Gasteiger partial charge on any atom is 0.159 e. The van der Waals surface area contributed by atoms with Gasteiger partial charge in [0.05, 0.1) is 12.8 Å². The fourth-order valence-electron chi connectivity index (χ4n) is 2.43. The predicted molar refractivity (Wildman–Crippen MR) is 94.8 cm³/mol. The van der Waals surface area contributed by atoms with Crippen molar-refractivity contribution >= 4 is 5.78 Å². The van der Waals surface area contributed by atoms with Crippen LogP contribution in [-0.2, 0) is 6.61 Å². The van der Waals surface area contributed by atoms with Gasteiger partial charge in [0.2, 0.25) is 0 Å². The van der Waals surface area contributed by atoms with Gasteiger partial charge in [-0.2, -0.15) is 0 Å². The van der Waals surface area contributed by atoms with E-state index in [0.717, 1.165) is 22.6 Å². The van der Waals surface area contributed by atoms with E-state index in [9.17, 15) is 4.79 Å². The van der Waals surface area contributed by atoms with Crippen LogP contribution in [0.1, 0.15) is 23.0 Å². The lowest BCUT2D eigenvalue weighted by Gasteiger charge is -2.13. The van der Waals surface area contributed by atoms with Gasteiger partial charge < -0.3 is 9.47 Å². The molecule has 25 heavy (non-hydrogen) atoms. The van der Waals surface area contributed by atoms with Crippen LogP contribution in [0.5, 0.6) is 11.5 Å². The molecule has 5 nitrogen and oxygen atoms in total. The number of rotatable bonds is 6. The van der Waals surface area contributed by atoms with Crippen molar-refractivity contribution < 1.29 is 14.3 Å². The Morgan fingerprint density at radius 1 is 1.08 bits per heavy atom. The highest BCUT2D eigenvalue weighted by molar-refractivity contribution is 5.96. The van der Waals surface area contributed by atoms with E-state index in [0.29, 0.717) is 17.9 Å². The van der Waals surface area contributed by atoms with Crippen LogP contribution in [0.4, 0.5) is 0 Å². The van der Waals surface area contributed by atoms with Crippen LogP contribution in [0, 0.1) is 0 Å². The standard InChI is InChI=1S/C20H18N2O3/c1-14(23)16-5-8-20(25-12-17-9-10-21-13-22-17)19(11-16)15-3-6-18(24-2)7-4-15/h3-11,13H,12H2,1-2H3. The Balaban J connectivity index is 1.94. The number of hydrogen-bond donors (Lipinski definition) is 0. The third kappa shape index (κ3) is 4.01. The smallest absolute Gasteiger partial charge is 0.159 e. The normalized spacial score (nSPS) is 10.3. The van der Waals surface area contributed by atoms with Crippen LogP contribution >= 0.6 is 0 Å². The third-order valence-corrected chi connectivity index (χ3v) is 3.81. The number of hydrogen-bond acceptors (Lipinski definition) is 5. The maximum atomic E-state index is 11.7. The first-order valence-electron chi connectivity index (χ1n) is 7.84. The quantitative estimate of drug-likeness (QED) is 0.639. The van der Waals surface area contributed by atoms with Gasteiger partial charge in [0.25, 0.3) is 0 Å². The first-order valence-corrected chi connectivity index (χ1v) is 7.84. The second-order valence-corrected chi connectivity index (χ2v) is 5.49. The highest BCUT2D eigenvalue weighted by atomic mass is 16.5. The Hall–Kier alpha value is -3.21. The van der Waals surface area contributed by atoms with Crippen molar-refractivity contribution in [1.29, 1.82) is 0 Å². The van der Waals surface area contributed by atoms with E-state index in [1.165, 1.54) is 6.33 Å². The molecule has 126 valence electrons. The van der Waals surface area contributed by atoms with Crippen molar-refractivity contribution in [3.63, 3.8) is 0 Å². The molecule has 0 amide bonds. The summed E-state index contributed by atoms with van der Waals surface area (Å²) in [6.07, 6.45) is 3.16. The van der Waals surface area contributed by atoms with E-state index in [4.69, 9.17) is 9.47 Å². The molecule has 5 heteroatoms. The average molecular weight is 334 g/mol. The number of Topliss-reactive ketones (excluding diaryl/α,β-unsaturated/α-hetero) is 1. The van der Waals surface area contributed by atoms with Gasteiger partial charge in [-0.25, -0.2) is 9.97 Å². The van der Waals surface area contributed by atoms with Gasteiger partial charge in [-0.15, -0.1) is 0 Å². The molecule has 3 rings (SSSR count). The molecule has 3 aromatic rings. The number of ketones is 1. The van der Waals surface area contributed by atoms with Gasteiger partial charge in [0.1, 0.15) is 24.4 Å². The molecule has 0 spiro atoms. The van der Waals surface area contributed by atoms with Crippen LogP contribution in [0.15, 0.2) is 61.1 Å². The summed E-state index contributed by atoms with van der Waals surface area (Å²) in [6, 6.07) is 14.9.